The van der Waals surface area contributed by atoms with Crippen LogP contribution in [-0.2, 0) is 9.47 Å². The molecule has 0 aliphatic rings. The van der Waals surface area contributed by atoms with Crippen LogP contribution in [-0.4, -0.2) is 44.2 Å². The summed E-state index contributed by atoms with van der Waals surface area (Å²) in [7, 11) is 3.78. The quantitative estimate of drug-likeness (QED) is 0.388. The van der Waals surface area contributed by atoms with Gasteiger partial charge in [-0.25, -0.2) is 9.59 Å². The first-order valence-corrected chi connectivity index (χ1v) is 5.57. The summed E-state index contributed by atoms with van der Waals surface area (Å²) < 4.78 is 14.4. The summed E-state index contributed by atoms with van der Waals surface area (Å²) in [6.45, 7) is 1.52. The van der Waals surface area contributed by atoms with Gasteiger partial charge in [0, 0.05) is 5.56 Å². The van der Waals surface area contributed by atoms with E-state index in [1.54, 1.807) is 0 Å². The van der Waals surface area contributed by atoms with Gasteiger partial charge < -0.3 is 19.4 Å². The smallest absolute Gasteiger partial charge is 0.338 e. The second-order valence-electron chi connectivity index (χ2n) is 3.77. The van der Waals surface area contributed by atoms with Gasteiger partial charge in [-0.3, -0.25) is 0 Å². The van der Waals surface area contributed by atoms with Crippen molar-refractivity contribution in [1.29, 1.82) is 0 Å². The Morgan fingerprint density at radius 1 is 1.00 bits per heavy atom. The van der Waals surface area contributed by atoms with Crippen LogP contribution in [0.15, 0.2) is 17.3 Å². The number of hydrogen-bond donors (Lipinski definition) is 1. The summed E-state index contributed by atoms with van der Waals surface area (Å²) in [6.07, 6.45) is 0. The summed E-state index contributed by atoms with van der Waals surface area (Å²) in [6, 6.07) is 2.69. The first kappa shape index (κ1) is 15.5. The molecule has 1 N–H and O–H groups in total. The molecule has 0 fully saturated rings. The summed E-state index contributed by atoms with van der Waals surface area (Å²) in [5.41, 5.74) is 0.593. The SMILES string of the molecule is COC(=O)c1cc(OC)c(/C(C)=N\O)cc1C(=O)OC. The van der Waals surface area contributed by atoms with Crippen molar-refractivity contribution < 1.29 is 29.0 Å². The molecule has 1 aromatic carbocycles. The van der Waals surface area contributed by atoms with Gasteiger partial charge in [-0.1, -0.05) is 5.16 Å². The molecule has 7 nitrogen and oxygen atoms in total. The van der Waals surface area contributed by atoms with E-state index in [2.05, 4.69) is 14.6 Å². The lowest BCUT2D eigenvalue weighted by molar-refractivity contribution is 0.0555. The van der Waals surface area contributed by atoms with E-state index in [1.807, 2.05) is 0 Å². The molecule has 0 saturated carbocycles. The Labute approximate surface area is 115 Å². The van der Waals surface area contributed by atoms with Crippen molar-refractivity contribution in [1.82, 2.24) is 0 Å². The molecule has 108 valence electrons. The highest BCUT2D eigenvalue weighted by Gasteiger charge is 2.23. The molecule has 20 heavy (non-hydrogen) atoms. The molecule has 0 heterocycles. The van der Waals surface area contributed by atoms with Crippen molar-refractivity contribution >= 4 is 17.7 Å². The number of nitrogens with zero attached hydrogens (tertiary/aromatic N) is 1. The second-order valence-corrected chi connectivity index (χ2v) is 3.77. The van der Waals surface area contributed by atoms with E-state index in [0.717, 1.165) is 0 Å². The van der Waals surface area contributed by atoms with Crippen molar-refractivity contribution in [2.45, 2.75) is 6.92 Å². The maximum atomic E-state index is 11.7. The van der Waals surface area contributed by atoms with E-state index < -0.39 is 11.9 Å². The number of methoxy groups -OCH3 is 3. The van der Waals surface area contributed by atoms with Crippen LogP contribution in [0.5, 0.6) is 5.75 Å². The minimum Gasteiger partial charge on any atom is -0.496 e. The van der Waals surface area contributed by atoms with Gasteiger partial charge in [0.25, 0.3) is 0 Å². The van der Waals surface area contributed by atoms with Crippen LogP contribution in [0.4, 0.5) is 0 Å². The topological polar surface area (TPSA) is 94.4 Å². The number of benzene rings is 1. The summed E-state index contributed by atoms with van der Waals surface area (Å²) in [5.74, 6) is -1.14. The highest BCUT2D eigenvalue weighted by atomic mass is 16.5. The van der Waals surface area contributed by atoms with E-state index in [1.165, 1.54) is 40.4 Å². The van der Waals surface area contributed by atoms with E-state index >= 15 is 0 Å². The Bertz CT molecular complexity index is 564. The molecule has 1 aromatic rings. The molecule has 1 rings (SSSR count). The van der Waals surface area contributed by atoms with E-state index in [-0.39, 0.29) is 22.6 Å². The van der Waals surface area contributed by atoms with Crippen molar-refractivity contribution in [3.05, 3.63) is 28.8 Å². The predicted octanol–water partition coefficient (Wildman–Crippen LogP) is 1.47. The summed E-state index contributed by atoms with van der Waals surface area (Å²) >= 11 is 0. The molecule has 0 aliphatic heterocycles. The largest absolute Gasteiger partial charge is 0.496 e. The fraction of sp³-hybridized carbons (Fsp3) is 0.308. The standard InChI is InChI=1S/C13H15NO6/c1-7(14-17)8-5-9(12(15)19-3)10(13(16)20-4)6-11(8)18-2/h5-6,17H,1-4H3/b14-7-. The van der Waals surface area contributed by atoms with Gasteiger partial charge in [0.1, 0.15) is 5.75 Å². The Morgan fingerprint density at radius 3 is 1.90 bits per heavy atom. The number of rotatable bonds is 4. The molecule has 7 heteroatoms. The fourth-order valence-electron chi connectivity index (χ4n) is 1.64. The molecule has 0 radical (unpaired) electrons. The first-order valence-electron chi connectivity index (χ1n) is 5.57. The van der Waals surface area contributed by atoms with E-state index in [9.17, 15) is 9.59 Å². The molecule has 0 atom stereocenters. The van der Waals surface area contributed by atoms with Crippen LogP contribution in [0.2, 0.25) is 0 Å². The maximum absolute atomic E-state index is 11.7. The van der Waals surface area contributed by atoms with Crippen molar-refractivity contribution in [3.8, 4) is 5.75 Å². The average Bonchev–Trinajstić information content (AvgIpc) is 2.50. The van der Waals surface area contributed by atoms with E-state index in [0.29, 0.717) is 5.56 Å². The molecule has 0 unspecified atom stereocenters. The zero-order valence-corrected chi connectivity index (χ0v) is 11.6. The number of ether oxygens (including phenoxy) is 3. The Morgan fingerprint density at radius 2 is 1.50 bits per heavy atom. The highest BCUT2D eigenvalue weighted by molar-refractivity contribution is 6.08. The van der Waals surface area contributed by atoms with Gasteiger partial charge in [0.2, 0.25) is 0 Å². The molecule has 0 bridgehead atoms. The zero-order chi connectivity index (χ0) is 15.3. The fourth-order valence-corrected chi connectivity index (χ4v) is 1.64. The molecule has 0 aromatic heterocycles. The van der Waals surface area contributed by atoms with Crippen LogP contribution in [0.25, 0.3) is 0 Å². The lowest BCUT2D eigenvalue weighted by atomic mass is 10.0. The monoisotopic (exact) mass is 281 g/mol. The lowest BCUT2D eigenvalue weighted by Crippen LogP contribution is -2.14. The van der Waals surface area contributed by atoms with Crippen molar-refractivity contribution in [2.75, 3.05) is 21.3 Å². The predicted molar refractivity (Wildman–Crippen MR) is 69.7 cm³/mol. The van der Waals surface area contributed by atoms with Gasteiger partial charge in [-0.05, 0) is 19.1 Å². The molecule has 0 aliphatic carbocycles. The van der Waals surface area contributed by atoms with Crippen LogP contribution < -0.4 is 4.74 Å². The Kier molecular flexibility index (Phi) is 5.08. The van der Waals surface area contributed by atoms with Gasteiger partial charge >= 0.3 is 11.9 Å². The highest BCUT2D eigenvalue weighted by Crippen LogP contribution is 2.26. The number of carbonyl (C=O) groups is 2. The third-order valence-corrected chi connectivity index (χ3v) is 2.69. The van der Waals surface area contributed by atoms with Crippen LogP contribution >= 0.6 is 0 Å². The normalized spacial score (nSPS) is 10.9. The third-order valence-electron chi connectivity index (χ3n) is 2.69. The van der Waals surface area contributed by atoms with Gasteiger partial charge in [0.15, 0.2) is 0 Å². The molecule has 0 saturated heterocycles. The van der Waals surface area contributed by atoms with Crippen LogP contribution in [0, 0.1) is 0 Å². The Balaban J connectivity index is 3.61. The minimum absolute atomic E-state index is 0.00171. The van der Waals surface area contributed by atoms with Gasteiger partial charge in [0.05, 0.1) is 38.2 Å². The number of carbonyl (C=O) groups excluding carboxylic acids is 2. The minimum atomic E-state index is -0.708. The Hall–Kier alpha value is -2.57. The van der Waals surface area contributed by atoms with Gasteiger partial charge in [-0.2, -0.15) is 0 Å². The molecular formula is C13H15NO6. The molecular weight excluding hydrogens is 266 g/mol. The average molecular weight is 281 g/mol. The number of hydrogen-bond acceptors (Lipinski definition) is 7. The summed E-state index contributed by atoms with van der Waals surface area (Å²) in [5, 5.41) is 11.9. The number of esters is 2. The van der Waals surface area contributed by atoms with Crippen LogP contribution in [0.3, 0.4) is 0 Å². The third kappa shape index (κ3) is 2.87. The van der Waals surface area contributed by atoms with Gasteiger partial charge in [-0.15, -0.1) is 0 Å². The molecule has 0 amide bonds. The van der Waals surface area contributed by atoms with E-state index in [4.69, 9.17) is 9.94 Å². The van der Waals surface area contributed by atoms with Crippen molar-refractivity contribution in [2.24, 2.45) is 5.16 Å². The number of oxime groups is 1. The second kappa shape index (κ2) is 6.55. The van der Waals surface area contributed by atoms with Crippen molar-refractivity contribution in [3.63, 3.8) is 0 Å². The lowest BCUT2D eigenvalue weighted by Gasteiger charge is -2.12. The summed E-state index contributed by atoms with van der Waals surface area (Å²) in [4.78, 5) is 23.5. The molecule has 0 spiro atoms. The zero-order valence-electron chi connectivity index (χ0n) is 11.6. The maximum Gasteiger partial charge on any atom is 0.338 e. The first-order chi connectivity index (χ1) is 9.49. The van der Waals surface area contributed by atoms with Crippen LogP contribution in [0.1, 0.15) is 33.2 Å².